The number of hydrogen-bond donors (Lipinski definition) is 0. The number of nitrogens with zero attached hydrogens (tertiary/aromatic N) is 12. The molecule has 0 fully saturated rings. The lowest BCUT2D eigenvalue weighted by molar-refractivity contribution is 1.07. The van der Waals surface area contributed by atoms with E-state index in [1.54, 1.807) is 0 Å². The van der Waals surface area contributed by atoms with Gasteiger partial charge in [0, 0.05) is 115 Å². The van der Waals surface area contributed by atoms with Crippen LogP contribution in [0.4, 0.5) is 0 Å². The second-order valence-corrected chi connectivity index (χ2v) is 36.8. The minimum atomic E-state index is 0.601. The molecule has 0 unspecified atom stereocenters. The van der Waals surface area contributed by atoms with Crippen LogP contribution in [0.15, 0.2) is 546 Å². The van der Waals surface area contributed by atoms with Crippen molar-refractivity contribution < 1.29 is 0 Å². The zero-order valence-corrected chi connectivity index (χ0v) is 81.3. The van der Waals surface area contributed by atoms with Crippen LogP contribution in [0.3, 0.4) is 0 Å². The zero-order chi connectivity index (χ0) is 99.8. The van der Waals surface area contributed by atoms with Crippen LogP contribution in [-0.2, 0) is 0 Å². The molecule has 0 bridgehead atoms. The van der Waals surface area contributed by atoms with Crippen molar-refractivity contribution in [3.8, 4) is 203 Å². The average Bonchev–Trinajstić information content (AvgIpc) is 0.744. The lowest BCUT2D eigenvalue weighted by atomic mass is 9.92. The van der Waals surface area contributed by atoms with E-state index < -0.39 is 0 Å². The predicted octanol–water partition coefficient (Wildman–Crippen LogP) is 34.7. The molecule has 6 heterocycles. The van der Waals surface area contributed by atoms with E-state index in [1.165, 1.54) is 5.56 Å². The third-order valence-electron chi connectivity index (χ3n) is 27.4. The smallest absolute Gasteiger partial charge is 0.164 e. The molecule has 12 nitrogen and oxygen atoms in total. The summed E-state index contributed by atoms with van der Waals surface area (Å²) in [6.07, 6.45) is 0. The van der Waals surface area contributed by atoms with Gasteiger partial charge in [-0.1, -0.05) is 491 Å². The van der Waals surface area contributed by atoms with E-state index in [0.717, 1.165) is 210 Å². The second-order valence-electron chi connectivity index (χ2n) is 36.8. The molecule has 0 atom stereocenters. The van der Waals surface area contributed by atoms with Gasteiger partial charge in [-0.3, -0.25) is 0 Å². The SMILES string of the molecule is c1ccc(-c2ccc(-c3nc(-c4ccc(-c5ccccc5)cc4)nc(-c4ccc5nc(-c6ccccc6)c6cccc(-c7ccccc7)c6c5c4)n3)cc2)cc1.c1ccc(-c2ccc(-c3nc(-c4ccccc4)nc(-c4ccc5nc(-c6ccccc6)c6cccc(-c7ccccc7)c6c5c4)n3)cc2)cc1.c1ccc(-c2nc(-c3ccccc3)nc(-c3ccc4nc(-c5ccccc5)c5cccc(-c6ccccc6)c5c4c3)n2)cc1. The molecule has 0 aliphatic carbocycles. The molecule has 0 radical (unpaired) electrons. The highest BCUT2D eigenvalue weighted by Crippen LogP contribution is 2.46. The Morgan fingerprint density at radius 1 is 0.0933 bits per heavy atom. The molecule has 27 rings (SSSR count). The van der Waals surface area contributed by atoms with Gasteiger partial charge in [-0.2, -0.15) is 0 Å². The highest BCUT2D eigenvalue weighted by Gasteiger charge is 2.25. The number of hydrogen-bond acceptors (Lipinski definition) is 12. The molecule has 0 N–H and O–H groups in total. The maximum Gasteiger partial charge on any atom is 0.164 e. The van der Waals surface area contributed by atoms with Crippen molar-refractivity contribution in [2.75, 3.05) is 0 Å². The summed E-state index contributed by atoms with van der Waals surface area (Å²) in [4.78, 5) is 61.1. The average molecular weight is 1920 g/mol. The quantitative estimate of drug-likeness (QED) is 0.0751. The van der Waals surface area contributed by atoms with Crippen LogP contribution in [0.2, 0.25) is 0 Å². The van der Waals surface area contributed by atoms with Crippen LogP contribution in [0.25, 0.3) is 268 Å². The maximum atomic E-state index is 5.29. The van der Waals surface area contributed by atoms with E-state index >= 15 is 0 Å². The number of aromatic nitrogens is 12. The fourth-order valence-corrected chi connectivity index (χ4v) is 20.0. The summed E-state index contributed by atoms with van der Waals surface area (Å²) < 4.78 is 0. The van der Waals surface area contributed by atoms with E-state index in [1.807, 2.05) is 127 Å². The van der Waals surface area contributed by atoms with E-state index in [9.17, 15) is 0 Å². The van der Waals surface area contributed by atoms with Gasteiger partial charge >= 0.3 is 0 Å². The third kappa shape index (κ3) is 18.7. The molecule has 21 aromatic carbocycles. The Bertz CT molecular complexity index is 9420. The summed E-state index contributed by atoms with van der Waals surface area (Å²) in [6, 6.07) is 188. The van der Waals surface area contributed by atoms with Crippen LogP contribution in [0, 0.1) is 0 Å². The van der Waals surface area contributed by atoms with E-state index in [2.05, 4.69) is 419 Å². The maximum absolute atomic E-state index is 5.29. The number of pyridine rings is 3. The summed E-state index contributed by atoms with van der Waals surface area (Å²) in [7, 11) is 0. The Morgan fingerprint density at radius 2 is 0.247 bits per heavy atom. The highest BCUT2D eigenvalue weighted by atomic mass is 15.1. The summed E-state index contributed by atoms with van der Waals surface area (Å²) in [5.74, 6) is 5.60. The fourth-order valence-electron chi connectivity index (χ4n) is 20.0. The topological polar surface area (TPSA) is 155 Å². The largest absolute Gasteiger partial charge is 0.247 e. The van der Waals surface area contributed by atoms with Crippen LogP contribution in [0.1, 0.15) is 0 Å². The van der Waals surface area contributed by atoms with Crippen molar-refractivity contribution in [1.29, 1.82) is 0 Å². The molecule has 27 aromatic rings. The van der Waals surface area contributed by atoms with Crippen molar-refractivity contribution in [3.63, 3.8) is 0 Å². The van der Waals surface area contributed by atoms with Crippen LogP contribution in [0.5, 0.6) is 0 Å². The standard InChI is InChI=1S/C52H34N4.C46H30N4.C40H26N4/c1-5-14-35(15-6-1)37-24-28-41(29-25-37)50-54-51(42-30-26-38(27-31-42)36-16-7-2-8-17-36)56-52(55-50)43-32-33-47-46(34-43)48-44(39-18-9-3-10-19-39)22-13-23-45(48)49(53-47)40-20-11-4-12-21-40;1-5-14-31(15-6-1)32-24-26-36(27-25-32)45-48-44(35-20-11-4-12-21-35)49-46(50-45)37-28-29-41-40(30-37)42-38(33-16-7-2-8-17-33)22-13-23-39(42)43(47-41)34-18-9-3-10-19-34;1-5-14-27(15-6-1)32-22-13-23-33-36(32)34-26-31(24-25-35(34)41-37(33)28-16-7-2-8-17-28)40-43-38(29-18-9-3-10-19-29)42-39(44-40)30-20-11-4-12-21-30/h1-34H;1-30H;1-26H. The molecule has 0 aliphatic rings. The monoisotopic (exact) mass is 1910 g/mol. The van der Waals surface area contributed by atoms with Crippen molar-refractivity contribution in [3.05, 3.63) is 546 Å². The number of benzene rings is 21. The highest BCUT2D eigenvalue weighted by molar-refractivity contribution is 6.21. The Balaban J connectivity index is 0.000000117. The summed E-state index contributed by atoms with van der Waals surface area (Å²) in [5.41, 5.74) is 31.0. The molecule has 150 heavy (non-hydrogen) atoms. The summed E-state index contributed by atoms with van der Waals surface area (Å²) in [6.45, 7) is 0. The minimum absolute atomic E-state index is 0.601. The van der Waals surface area contributed by atoms with Crippen molar-refractivity contribution >= 4 is 65.0 Å². The van der Waals surface area contributed by atoms with E-state index in [4.69, 9.17) is 59.8 Å². The van der Waals surface area contributed by atoms with Crippen LogP contribution in [-0.4, -0.2) is 59.8 Å². The first-order valence-corrected chi connectivity index (χ1v) is 50.2. The van der Waals surface area contributed by atoms with E-state index in [0.29, 0.717) is 52.4 Å². The van der Waals surface area contributed by atoms with Crippen molar-refractivity contribution in [2.24, 2.45) is 0 Å². The first-order valence-electron chi connectivity index (χ1n) is 50.2. The van der Waals surface area contributed by atoms with Gasteiger partial charge in [0.15, 0.2) is 52.4 Å². The van der Waals surface area contributed by atoms with Gasteiger partial charge in [-0.25, -0.2) is 59.8 Å². The molecule has 702 valence electrons. The van der Waals surface area contributed by atoms with Crippen LogP contribution >= 0.6 is 0 Å². The summed E-state index contributed by atoms with van der Waals surface area (Å²) in [5, 5.41) is 9.90. The molecule has 0 saturated carbocycles. The fraction of sp³-hybridized carbons (Fsp3) is 0. The lowest BCUT2D eigenvalue weighted by Gasteiger charge is -2.15. The van der Waals surface area contributed by atoms with Gasteiger partial charge in [0.25, 0.3) is 0 Å². The Labute approximate surface area is 867 Å². The van der Waals surface area contributed by atoms with Gasteiger partial charge in [0.05, 0.1) is 33.6 Å². The molecular formula is C138H90N12. The number of fused-ring (bicyclic) bond motifs is 9. The molecule has 6 aromatic heterocycles. The van der Waals surface area contributed by atoms with Gasteiger partial charge < -0.3 is 0 Å². The number of rotatable bonds is 18. The molecule has 0 spiro atoms. The van der Waals surface area contributed by atoms with Gasteiger partial charge in [0.1, 0.15) is 0 Å². The molecule has 0 saturated heterocycles. The lowest BCUT2D eigenvalue weighted by Crippen LogP contribution is -2.00. The normalized spacial score (nSPS) is 11.2. The van der Waals surface area contributed by atoms with Gasteiger partial charge in [-0.15, -0.1) is 0 Å². The molecular weight excluding hydrogens is 1830 g/mol. The summed E-state index contributed by atoms with van der Waals surface area (Å²) >= 11 is 0. The van der Waals surface area contributed by atoms with E-state index in [-0.39, 0.29) is 0 Å². The Hall–Kier alpha value is -20.3. The first-order chi connectivity index (χ1) is 74.3. The third-order valence-corrected chi connectivity index (χ3v) is 27.4. The molecule has 0 aliphatic heterocycles. The second kappa shape index (κ2) is 41.2. The zero-order valence-electron chi connectivity index (χ0n) is 81.3. The molecule has 0 amide bonds. The molecule has 12 heteroatoms. The van der Waals surface area contributed by atoms with Gasteiger partial charge in [-0.05, 0) is 121 Å². The van der Waals surface area contributed by atoms with Crippen molar-refractivity contribution in [2.45, 2.75) is 0 Å². The predicted molar refractivity (Wildman–Crippen MR) is 616 cm³/mol. The Kier molecular flexibility index (Phi) is 25.0. The Morgan fingerprint density at radius 3 is 0.453 bits per heavy atom. The van der Waals surface area contributed by atoms with Gasteiger partial charge in [0.2, 0.25) is 0 Å². The van der Waals surface area contributed by atoms with Crippen LogP contribution < -0.4 is 0 Å². The van der Waals surface area contributed by atoms with Crippen molar-refractivity contribution in [1.82, 2.24) is 59.8 Å². The first kappa shape index (κ1) is 90.9. The minimum Gasteiger partial charge on any atom is -0.247 e.